The number of anilines is 1. The maximum Gasteiger partial charge on any atom is 0.242 e. The van der Waals surface area contributed by atoms with Gasteiger partial charge in [-0.15, -0.1) is 5.10 Å². The van der Waals surface area contributed by atoms with E-state index in [9.17, 15) is 14.4 Å². The van der Waals surface area contributed by atoms with Gasteiger partial charge in [-0.3, -0.25) is 14.4 Å². The molecule has 5 rings (SSSR count). The maximum atomic E-state index is 13.3. The van der Waals surface area contributed by atoms with Crippen LogP contribution in [-0.2, 0) is 27.3 Å². The molecular formula is C28H29Cl3N6O3. The summed E-state index contributed by atoms with van der Waals surface area (Å²) in [5, 5.41) is 9.29. The first-order valence-corrected chi connectivity index (χ1v) is 14.4. The first-order valence-electron chi connectivity index (χ1n) is 13.3. The summed E-state index contributed by atoms with van der Waals surface area (Å²) in [6, 6.07) is 11.1. The second kappa shape index (κ2) is 12.2. The molecule has 9 nitrogen and oxygen atoms in total. The van der Waals surface area contributed by atoms with Gasteiger partial charge in [0.05, 0.1) is 46.0 Å². The minimum atomic E-state index is -0.470. The van der Waals surface area contributed by atoms with Crippen molar-refractivity contribution in [1.82, 2.24) is 24.8 Å². The summed E-state index contributed by atoms with van der Waals surface area (Å²) in [7, 11) is 0. The van der Waals surface area contributed by atoms with Crippen molar-refractivity contribution in [2.75, 3.05) is 31.1 Å². The summed E-state index contributed by atoms with van der Waals surface area (Å²) in [5.74, 6) is -0.897. The number of unbranched alkanes of at least 4 members (excludes halogenated alkanes) is 1. The van der Waals surface area contributed by atoms with E-state index in [0.29, 0.717) is 46.1 Å². The topological polar surface area (TPSA) is 91.6 Å². The second-order valence-corrected chi connectivity index (χ2v) is 11.3. The van der Waals surface area contributed by atoms with Crippen LogP contribution in [0.25, 0.3) is 5.69 Å². The molecule has 0 N–H and O–H groups in total. The normalized spacial score (nSPS) is 17.7. The lowest BCUT2D eigenvalue weighted by Gasteiger charge is -2.35. The number of hydrogen-bond donors (Lipinski definition) is 0. The van der Waals surface area contributed by atoms with Crippen LogP contribution < -0.4 is 4.90 Å². The van der Waals surface area contributed by atoms with Crippen molar-refractivity contribution >= 4 is 58.2 Å². The Kier molecular flexibility index (Phi) is 8.63. The van der Waals surface area contributed by atoms with Gasteiger partial charge in [0.25, 0.3) is 0 Å². The van der Waals surface area contributed by atoms with Crippen molar-refractivity contribution in [2.45, 2.75) is 39.2 Å². The van der Waals surface area contributed by atoms with E-state index < -0.39 is 5.92 Å². The monoisotopic (exact) mass is 602 g/mol. The molecule has 0 spiro atoms. The highest BCUT2D eigenvalue weighted by Gasteiger charge is 2.39. The Bertz CT molecular complexity index is 1430. The molecule has 0 bridgehead atoms. The number of rotatable bonds is 8. The van der Waals surface area contributed by atoms with Gasteiger partial charge in [-0.05, 0) is 42.7 Å². The number of amides is 3. The average Bonchev–Trinajstić information content (AvgIpc) is 3.57. The van der Waals surface area contributed by atoms with Crippen LogP contribution in [0.1, 0.15) is 37.4 Å². The Morgan fingerprint density at radius 2 is 1.75 bits per heavy atom. The fraction of sp³-hybridized carbons (Fsp3) is 0.393. The van der Waals surface area contributed by atoms with Crippen LogP contribution >= 0.6 is 34.8 Å². The summed E-state index contributed by atoms with van der Waals surface area (Å²) in [5.41, 5.74) is 3.12. The van der Waals surface area contributed by atoms with E-state index >= 15 is 0 Å². The van der Waals surface area contributed by atoms with Crippen molar-refractivity contribution < 1.29 is 14.4 Å². The van der Waals surface area contributed by atoms with Gasteiger partial charge >= 0.3 is 0 Å². The molecule has 2 aliphatic rings. The van der Waals surface area contributed by atoms with Gasteiger partial charge in [-0.25, -0.2) is 4.68 Å². The number of nitrogens with zero attached hydrogens (tertiary/aromatic N) is 6. The van der Waals surface area contributed by atoms with Gasteiger partial charge in [0.2, 0.25) is 17.7 Å². The number of benzene rings is 2. The Morgan fingerprint density at radius 3 is 2.48 bits per heavy atom. The smallest absolute Gasteiger partial charge is 0.242 e. The molecule has 3 heterocycles. The predicted octanol–water partition coefficient (Wildman–Crippen LogP) is 4.79. The maximum absolute atomic E-state index is 13.3. The lowest BCUT2D eigenvalue weighted by Crippen LogP contribution is -2.53. The Labute approximate surface area is 247 Å². The fourth-order valence-corrected chi connectivity index (χ4v) is 5.67. The van der Waals surface area contributed by atoms with Crippen molar-refractivity contribution in [3.05, 3.63) is 68.9 Å². The van der Waals surface area contributed by atoms with Crippen LogP contribution in [0.2, 0.25) is 15.1 Å². The van der Waals surface area contributed by atoms with Gasteiger partial charge in [0.1, 0.15) is 5.69 Å². The fourth-order valence-electron chi connectivity index (χ4n) is 5.04. The molecule has 1 unspecified atom stereocenters. The zero-order valence-electron chi connectivity index (χ0n) is 22.0. The third-order valence-electron chi connectivity index (χ3n) is 7.30. The van der Waals surface area contributed by atoms with Crippen LogP contribution in [0.15, 0.2) is 42.6 Å². The van der Waals surface area contributed by atoms with E-state index in [1.807, 2.05) is 24.3 Å². The van der Waals surface area contributed by atoms with Gasteiger partial charge in [-0.2, -0.15) is 0 Å². The number of hydrogen-bond acceptors (Lipinski definition) is 5. The molecule has 0 saturated carbocycles. The Morgan fingerprint density at radius 1 is 1.00 bits per heavy atom. The molecule has 0 aliphatic carbocycles. The number of piperazine rings is 1. The summed E-state index contributed by atoms with van der Waals surface area (Å²) in [6.45, 7) is 3.42. The molecule has 3 aromatic rings. The predicted molar refractivity (Wildman–Crippen MR) is 154 cm³/mol. The number of aromatic nitrogens is 3. The summed E-state index contributed by atoms with van der Waals surface area (Å²) >= 11 is 18.4. The first kappa shape index (κ1) is 28.4. The lowest BCUT2D eigenvalue weighted by molar-refractivity contribution is -0.147. The van der Waals surface area contributed by atoms with Crippen molar-refractivity contribution in [3.63, 3.8) is 0 Å². The number of carbonyl (C=O) groups excluding carboxylic acids is 3. The molecule has 1 aromatic heterocycles. The number of halogens is 3. The first-order chi connectivity index (χ1) is 19.2. The van der Waals surface area contributed by atoms with E-state index in [0.717, 1.165) is 24.9 Å². The van der Waals surface area contributed by atoms with E-state index in [1.165, 1.54) is 16.3 Å². The molecule has 12 heteroatoms. The van der Waals surface area contributed by atoms with E-state index in [1.54, 1.807) is 27.0 Å². The molecular weight excluding hydrogens is 575 g/mol. The van der Waals surface area contributed by atoms with Gasteiger partial charge in [0.15, 0.2) is 0 Å². The molecule has 2 saturated heterocycles. The largest absolute Gasteiger partial charge is 0.333 e. The van der Waals surface area contributed by atoms with Crippen molar-refractivity contribution in [2.24, 2.45) is 5.92 Å². The zero-order chi connectivity index (χ0) is 28.4. The average molecular weight is 604 g/mol. The van der Waals surface area contributed by atoms with E-state index in [2.05, 4.69) is 17.2 Å². The zero-order valence-corrected chi connectivity index (χ0v) is 24.3. The van der Waals surface area contributed by atoms with Crippen LogP contribution in [0, 0.1) is 5.92 Å². The van der Waals surface area contributed by atoms with Crippen LogP contribution in [0.3, 0.4) is 0 Å². The molecule has 2 aromatic carbocycles. The van der Waals surface area contributed by atoms with Crippen LogP contribution in [0.4, 0.5) is 5.69 Å². The number of aryl methyl sites for hydroxylation is 1. The lowest BCUT2D eigenvalue weighted by atomic mass is 10.1. The quantitative estimate of drug-likeness (QED) is 0.345. The van der Waals surface area contributed by atoms with Crippen molar-refractivity contribution in [3.8, 4) is 5.69 Å². The molecule has 2 fully saturated rings. The number of carbonyl (C=O) groups is 3. The molecule has 210 valence electrons. The van der Waals surface area contributed by atoms with E-state index in [4.69, 9.17) is 34.8 Å². The highest BCUT2D eigenvalue weighted by Crippen LogP contribution is 2.31. The third-order valence-corrected chi connectivity index (χ3v) is 8.33. The molecule has 3 amide bonds. The SMILES string of the molecule is CCCCc1ccc(N2CC(C(=O)N3CCN(Cc4cn(-c5cc(Cl)c(Cl)cc5Cl)nn4)C(=O)C3)CC2=O)cc1. The Hall–Kier alpha value is -3.14. The standard InChI is InChI=1S/C28H29Cl3N6O3/c1-2-3-4-18-5-7-21(8-6-18)36-14-19(11-26(36)38)28(40)35-10-9-34(27(39)17-35)15-20-16-37(33-32-20)25-13-23(30)22(29)12-24(25)31/h5-8,12-13,16,19H,2-4,9-11,14-15,17H2,1H3. The summed E-state index contributed by atoms with van der Waals surface area (Å²) in [4.78, 5) is 43.8. The minimum absolute atomic E-state index is 0.0393. The second-order valence-electron chi connectivity index (χ2n) is 10.1. The highest BCUT2D eigenvalue weighted by atomic mass is 35.5. The van der Waals surface area contributed by atoms with Gasteiger partial charge in [0, 0.05) is 31.7 Å². The summed E-state index contributed by atoms with van der Waals surface area (Å²) in [6.07, 6.45) is 5.08. The van der Waals surface area contributed by atoms with E-state index in [-0.39, 0.29) is 37.2 Å². The highest BCUT2D eigenvalue weighted by molar-refractivity contribution is 6.43. The Balaban J connectivity index is 1.16. The minimum Gasteiger partial charge on any atom is -0.333 e. The van der Waals surface area contributed by atoms with Gasteiger partial charge in [-0.1, -0.05) is 65.5 Å². The van der Waals surface area contributed by atoms with Crippen molar-refractivity contribution in [1.29, 1.82) is 0 Å². The third kappa shape index (κ3) is 6.11. The molecule has 2 aliphatic heterocycles. The van der Waals surface area contributed by atoms with Gasteiger partial charge < -0.3 is 14.7 Å². The van der Waals surface area contributed by atoms with Crippen LogP contribution in [0.5, 0.6) is 0 Å². The molecule has 40 heavy (non-hydrogen) atoms. The molecule has 0 radical (unpaired) electrons. The molecule has 1 atom stereocenters. The van der Waals surface area contributed by atoms with Crippen LogP contribution in [-0.4, -0.2) is 68.7 Å². The summed E-state index contributed by atoms with van der Waals surface area (Å²) < 4.78 is 1.48.